The first kappa shape index (κ1) is 28.6. The Bertz CT molecular complexity index is 1330. The largest absolute Gasteiger partial charge is 0.352 e. The van der Waals surface area contributed by atoms with Crippen LogP contribution in [-0.4, -0.2) is 43.8 Å². The lowest BCUT2D eigenvalue weighted by Crippen LogP contribution is -2.52. The highest BCUT2D eigenvalue weighted by molar-refractivity contribution is 14.1. The molecule has 0 spiro atoms. The standard InChI is InChI=1S/C28H32IN3O4S/c1-20(2)30-28(34)22(4)31(18-23-11-9-8-10-21(23)3)27(33)19-32(25-16-14-24(29)15-17-25)37(35,36)26-12-6-5-7-13-26/h5-17,20,22H,18-19H2,1-4H3,(H,30,34)/t22-/m0/s1. The highest BCUT2D eigenvalue weighted by Gasteiger charge is 2.32. The third kappa shape index (κ3) is 7.32. The number of anilines is 1. The van der Waals surface area contributed by atoms with Crippen molar-refractivity contribution < 1.29 is 18.0 Å². The van der Waals surface area contributed by atoms with Crippen molar-refractivity contribution in [2.24, 2.45) is 0 Å². The van der Waals surface area contributed by atoms with E-state index >= 15 is 0 Å². The number of halogens is 1. The highest BCUT2D eigenvalue weighted by atomic mass is 127. The van der Waals surface area contributed by atoms with Gasteiger partial charge in [0.1, 0.15) is 12.6 Å². The van der Waals surface area contributed by atoms with Crippen LogP contribution < -0.4 is 9.62 Å². The van der Waals surface area contributed by atoms with Gasteiger partial charge in [0.2, 0.25) is 11.8 Å². The molecule has 0 radical (unpaired) electrons. The lowest BCUT2D eigenvalue weighted by atomic mass is 10.1. The van der Waals surface area contributed by atoms with Gasteiger partial charge >= 0.3 is 0 Å². The number of hydrogen-bond acceptors (Lipinski definition) is 4. The van der Waals surface area contributed by atoms with Crippen LogP contribution in [0.25, 0.3) is 0 Å². The van der Waals surface area contributed by atoms with E-state index in [-0.39, 0.29) is 23.4 Å². The molecular weight excluding hydrogens is 601 g/mol. The van der Waals surface area contributed by atoms with E-state index in [4.69, 9.17) is 0 Å². The summed E-state index contributed by atoms with van der Waals surface area (Å²) in [7, 11) is -4.06. The first-order valence-corrected chi connectivity index (χ1v) is 14.5. The predicted octanol–water partition coefficient (Wildman–Crippen LogP) is 4.74. The summed E-state index contributed by atoms with van der Waals surface area (Å²) in [5.41, 5.74) is 2.22. The molecule has 3 aromatic rings. The van der Waals surface area contributed by atoms with Crippen LogP contribution in [0.2, 0.25) is 0 Å². The topological polar surface area (TPSA) is 86.8 Å². The molecule has 3 aromatic carbocycles. The van der Waals surface area contributed by atoms with Crippen molar-refractivity contribution in [1.29, 1.82) is 0 Å². The van der Waals surface area contributed by atoms with Gasteiger partial charge in [0, 0.05) is 16.2 Å². The number of carbonyl (C=O) groups is 2. The van der Waals surface area contributed by atoms with E-state index < -0.39 is 28.5 Å². The molecule has 1 atom stereocenters. The minimum atomic E-state index is -4.06. The Morgan fingerprint density at radius 3 is 2.08 bits per heavy atom. The maximum Gasteiger partial charge on any atom is 0.264 e. The van der Waals surface area contributed by atoms with E-state index in [1.54, 1.807) is 49.4 Å². The van der Waals surface area contributed by atoms with Gasteiger partial charge in [0.05, 0.1) is 10.6 Å². The van der Waals surface area contributed by atoms with Gasteiger partial charge in [-0.15, -0.1) is 0 Å². The molecule has 0 heterocycles. The smallest absolute Gasteiger partial charge is 0.264 e. The van der Waals surface area contributed by atoms with Gasteiger partial charge < -0.3 is 10.2 Å². The van der Waals surface area contributed by atoms with Crippen LogP contribution >= 0.6 is 22.6 Å². The second-order valence-corrected chi connectivity index (χ2v) is 12.2. The van der Waals surface area contributed by atoms with Crippen LogP contribution in [0.4, 0.5) is 5.69 Å². The van der Waals surface area contributed by atoms with Crippen molar-refractivity contribution in [2.45, 2.75) is 51.2 Å². The summed E-state index contributed by atoms with van der Waals surface area (Å²) >= 11 is 2.14. The molecule has 0 bridgehead atoms. The lowest BCUT2D eigenvalue weighted by Gasteiger charge is -2.32. The van der Waals surface area contributed by atoms with Crippen molar-refractivity contribution in [2.75, 3.05) is 10.8 Å². The molecule has 7 nitrogen and oxygen atoms in total. The maximum absolute atomic E-state index is 13.9. The fourth-order valence-electron chi connectivity index (χ4n) is 3.81. The number of rotatable bonds is 10. The molecule has 1 N–H and O–H groups in total. The number of carbonyl (C=O) groups excluding carboxylic acids is 2. The Balaban J connectivity index is 2.02. The Hall–Kier alpha value is -2.92. The number of nitrogens with one attached hydrogen (secondary N) is 1. The fraction of sp³-hybridized carbons (Fsp3) is 0.286. The zero-order chi connectivity index (χ0) is 27.2. The first-order chi connectivity index (χ1) is 17.5. The Morgan fingerprint density at radius 1 is 0.892 bits per heavy atom. The van der Waals surface area contributed by atoms with Crippen LogP contribution in [-0.2, 0) is 26.2 Å². The molecule has 3 rings (SSSR count). The molecule has 0 aromatic heterocycles. The van der Waals surface area contributed by atoms with Gasteiger partial charge in [0.25, 0.3) is 10.0 Å². The first-order valence-electron chi connectivity index (χ1n) is 12.0. The molecule has 37 heavy (non-hydrogen) atoms. The van der Waals surface area contributed by atoms with Crippen LogP contribution in [0.1, 0.15) is 31.9 Å². The summed E-state index contributed by atoms with van der Waals surface area (Å²) in [4.78, 5) is 28.3. The van der Waals surface area contributed by atoms with Crippen molar-refractivity contribution in [3.63, 3.8) is 0 Å². The van der Waals surface area contributed by atoms with E-state index in [9.17, 15) is 18.0 Å². The summed E-state index contributed by atoms with van der Waals surface area (Å²) in [6.45, 7) is 7.02. The van der Waals surface area contributed by atoms with Crippen molar-refractivity contribution in [3.8, 4) is 0 Å². The van der Waals surface area contributed by atoms with Crippen molar-refractivity contribution >= 4 is 50.1 Å². The highest BCUT2D eigenvalue weighted by Crippen LogP contribution is 2.25. The zero-order valence-electron chi connectivity index (χ0n) is 21.4. The van der Waals surface area contributed by atoms with Gasteiger partial charge in [-0.05, 0) is 97.8 Å². The van der Waals surface area contributed by atoms with Gasteiger partial charge in [-0.3, -0.25) is 13.9 Å². The average molecular weight is 634 g/mol. The summed E-state index contributed by atoms with van der Waals surface area (Å²) in [6.07, 6.45) is 0. The number of nitrogens with zero attached hydrogens (tertiary/aromatic N) is 2. The van der Waals surface area contributed by atoms with E-state index in [1.807, 2.05) is 45.0 Å². The maximum atomic E-state index is 13.9. The van der Waals surface area contributed by atoms with Crippen LogP contribution in [0, 0.1) is 10.5 Å². The van der Waals surface area contributed by atoms with E-state index in [0.717, 1.165) is 19.0 Å². The molecule has 0 aliphatic carbocycles. The van der Waals surface area contributed by atoms with E-state index in [0.29, 0.717) is 5.69 Å². The summed E-state index contributed by atoms with van der Waals surface area (Å²) in [6, 6.07) is 21.7. The summed E-state index contributed by atoms with van der Waals surface area (Å²) < 4.78 is 29.5. The second-order valence-electron chi connectivity index (χ2n) is 9.09. The lowest BCUT2D eigenvalue weighted by molar-refractivity contribution is -0.139. The van der Waals surface area contributed by atoms with Gasteiger partial charge in [-0.25, -0.2) is 8.42 Å². The van der Waals surface area contributed by atoms with Crippen LogP contribution in [0.3, 0.4) is 0 Å². The minimum absolute atomic E-state index is 0.0809. The van der Waals surface area contributed by atoms with E-state index in [1.165, 1.54) is 17.0 Å². The summed E-state index contributed by atoms with van der Waals surface area (Å²) in [5.74, 6) is -0.781. The molecule has 9 heteroatoms. The normalized spacial score (nSPS) is 12.2. The number of sulfonamides is 1. The quantitative estimate of drug-likeness (QED) is 0.327. The fourth-order valence-corrected chi connectivity index (χ4v) is 5.61. The van der Waals surface area contributed by atoms with Crippen molar-refractivity contribution in [3.05, 3.63) is 93.6 Å². The monoisotopic (exact) mass is 633 g/mol. The zero-order valence-corrected chi connectivity index (χ0v) is 24.4. The van der Waals surface area contributed by atoms with Crippen LogP contribution in [0.5, 0.6) is 0 Å². The second kappa shape index (κ2) is 12.6. The predicted molar refractivity (Wildman–Crippen MR) is 155 cm³/mol. The van der Waals surface area contributed by atoms with Crippen molar-refractivity contribution in [1.82, 2.24) is 10.2 Å². The SMILES string of the molecule is Cc1ccccc1CN(C(=O)CN(c1ccc(I)cc1)S(=O)(=O)c1ccccc1)[C@@H](C)C(=O)NC(C)C. The Labute approximate surface area is 233 Å². The van der Waals surface area contributed by atoms with Gasteiger partial charge in [-0.1, -0.05) is 42.5 Å². The average Bonchev–Trinajstić information content (AvgIpc) is 2.87. The molecule has 0 saturated heterocycles. The number of benzene rings is 3. The van der Waals surface area contributed by atoms with Gasteiger partial charge in [0.15, 0.2) is 0 Å². The number of amides is 2. The minimum Gasteiger partial charge on any atom is -0.352 e. The molecular formula is C28H32IN3O4S. The molecule has 0 unspecified atom stereocenters. The third-order valence-corrected chi connectivity index (χ3v) is 8.43. The molecule has 0 aliphatic rings. The van der Waals surface area contributed by atoms with E-state index in [2.05, 4.69) is 27.9 Å². The molecule has 0 fully saturated rings. The Kier molecular flexibility index (Phi) is 9.72. The molecule has 196 valence electrons. The third-order valence-electron chi connectivity index (χ3n) is 5.92. The molecule has 0 aliphatic heterocycles. The number of aryl methyl sites for hydroxylation is 1. The molecule has 0 saturated carbocycles. The number of hydrogen-bond donors (Lipinski definition) is 1. The Morgan fingerprint density at radius 2 is 1.49 bits per heavy atom. The summed E-state index contributed by atoms with van der Waals surface area (Å²) in [5, 5.41) is 2.86. The van der Waals surface area contributed by atoms with Crippen LogP contribution in [0.15, 0.2) is 83.8 Å². The molecule has 2 amide bonds. The van der Waals surface area contributed by atoms with Gasteiger partial charge in [-0.2, -0.15) is 0 Å².